The molecule has 2 aliphatic rings. The zero-order valence-corrected chi connectivity index (χ0v) is 15.7. The Hall–Kier alpha value is -2.46. The first-order valence-electron chi connectivity index (χ1n) is 9.01. The van der Waals surface area contributed by atoms with Crippen LogP contribution in [0.1, 0.15) is 12.0 Å². The molecule has 1 spiro atoms. The van der Waals surface area contributed by atoms with Gasteiger partial charge in [-0.3, -0.25) is 9.69 Å². The maximum atomic E-state index is 14.3. The standard InChI is InChI=1S/C18H24F2N4O4/c1-27-12-6-14(19)13(15(20)7-12)9-23-4-5-28-18(10-23)2-3-24(11-18)16(25)8-22-17(21)26/h6-7H,2-5,8-11H2,1H3,(H3,21,22,26). The zero-order valence-electron chi connectivity index (χ0n) is 15.7. The Morgan fingerprint density at radius 2 is 2.00 bits per heavy atom. The number of morpholine rings is 1. The Kier molecular flexibility index (Phi) is 5.99. The lowest BCUT2D eigenvalue weighted by Crippen LogP contribution is -2.53. The number of hydrogen-bond donors (Lipinski definition) is 2. The van der Waals surface area contributed by atoms with E-state index in [4.69, 9.17) is 15.2 Å². The van der Waals surface area contributed by atoms with Crippen molar-refractivity contribution in [1.29, 1.82) is 0 Å². The van der Waals surface area contributed by atoms with Crippen LogP contribution in [0.5, 0.6) is 5.75 Å². The van der Waals surface area contributed by atoms with Gasteiger partial charge in [0.05, 0.1) is 26.8 Å². The molecule has 1 unspecified atom stereocenters. The molecule has 3 rings (SSSR count). The fourth-order valence-corrected chi connectivity index (χ4v) is 3.71. The van der Waals surface area contributed by atoms with Crippen LogP contribution >= 0.6 is 0 Å². The molecule has 2 heterocycles. The number of amides is 3. The molecule has 3 N–H and O–H groups in total. The summed E-state index contributed by atoms with van der Waals surface area (Å²) in [5.74, 6) is -1.42. The second kappa shape index (κ2) is 8.27. The highest BCUT2D eigenvalue weighted by atomic mass is 19.1. The number of nitrogens with one attached hydrogen (secondary N) is 1. The van der Waals surface area contributed by atoms with Gasteiger partial charge in [0.15, 0.2) is 0 Å². The maximum absolute atomic E-state index is 14.3. The van der Waals surface area contributed by atoms with Crippen LogP contribution in [0.3, 0.4) is 0 Å². The highest BCUT2D eigenvalue weighted by Gasteiger charge is 2.44. The van der Waals surface area contributed by atoms with Crippen LogP contribution in [-0.4, -0.2) is 73.8 Å². The van der Waals surface area contributed by atoms with Crippen molar-refractivity contribution in [2.75, 3.05) is 46.4 Å². The number of nitrogens with two attached hydrogens (primary N) is 1. The van der Waals surface area contributed by atoms with E-state index >= 15 is 0 Å². The highest BCUT2D eigenvalue weighted by molar-refractivity contribution is 5.83. The Bertz CT molecular complexity index is 740. The number of primary amides is 1. The van der Waals surface area contributed by atoms with Crippen molar-refractivity contribution in [2.45, 2.75) is 18.6 Å². The predicted molar refractivity (Wildman–Crippen MR) is 95.7 cm³/mol. The van der Waals surface area contributed by atoms with E-state index in [1.54, 1.807) is 4.90 Å². The van der Waals surface area contributed by atoms with Crippen LogP contribution in [-0.2, 0) is 16.1 Å². The summed E-state index contributed by atoms with van der Waals surface area (Å²) >= 11 is 0. The average molecular weight is 398 g/mol. The molecule has 3 amide bonds. The molecule has 0 bridgehead atoms. The van der Waals surface area contributed by atoms with Crippen molar-refractivity contribution in [2.24, 2.45) is 5.73 Å². The number of carbonyl (C=O) groups excluding carboxylic acids is 2. The van der Waals surface area contributed by atoms with Gasteiger partial charge in [-0.15, -0.1) is 0 Å². The van der Waals surface area contributed by atoms with Gasteiger partial charge in [-0.1, -0.05) is 0 Å². The summed E-state index contributed by atoms with van der Waals surface area (Å²) in [5, 5.41) is 2.28. The minimum absolute atomic E-state index is 0.0190. The summed E-state index contributed by atoms with van der Waals surface area (Å²) in [6, 6.07) is 1.57. The monoisotopic (exact) mass is 398 g/mol. The second-order valence-electron chi connectivity index (χ2n) is 7.09. The van der Waals surface area contributed by atoms with Gasteiger partial charge >= 0.3 is 6.03 Å². The van der Waals surface area contributed by atoms with Crippen LogP contribution in [0.2, 0.25) is 0 Å². The predicted octanol–water partition coefficient (Wildman–Crippen LogP) is 0.445. The van der Waals surface area contributed by atoms with Gasteiger partial charge in [-0.25, -0.2) is 13.6 Å². The van der Waals surface area contributed by atoms with Crippen molar-refractivity contribution in [3.63, 3.8) is 0 Å². The van der Waals surface area contributed by atoms with Crippen LogP contribution in [0.15, 0.2) is 12.1 Å². The summed E-state index contributed by atoms with van der Waals surface area (Å²) in [5.41, 5.74) is 4.39. The molecular weight excluding hydrogens is 374 g/mol. The largest absolute Gasteiger partial charge is 0.497 e. The van der Waals surface area contributed by atoms with E-state index < -0.39 is 23.3 Å². The first kappa shape index (κ1) is 20.3. The minimum atomic E-state index is -0.758. The van der Waals surface area contributed by atoms with Crippen LogP contribution in [0.4, 0.5) is 13.6 Å². The van der Waals surface area contributed by atoms with E-state index in [1.807, 2.05) is 4.90 Å². The Labute approximate surface area is 161 Å². The van der Waals surface area contributed by atoms with Crippen LogP contribution in [0, 0.1) is 11.6 Å². The fourth-order valence-electron chi connectivity index (χ4n) is 3.71. The number of nitrogens with zero attached hydrogens (tertiary/aromatic N) is 2. The number of ether oxygens (including phenoxy) is 2. The van der Waals surface area contributed by atoms with Gasteiger partial charge < -0.3 is 25.4 Å². The van der Waals surface area contributed by atoms with Crippen molar-refractivity contribution < 1.29 is 27.8 Å². The normalized spacial score (nSPS) is 22.5. The number of rotatable bonds is 5. The second-order valence-corrected chi connectivity index (χ2v) is 7.09. The maximum Gasteiger partial charge on any atom is 0.312 e. The minimum Gasteiger partial charge on any atom is -0.497 e. The number of urea groups is 1. The molecule has 0 radical (unpaired) electrons. The topological polar surface area (TPSA) is 97.1 Å². The van der Waals surface area contributed by atoms with Crippen molar-refractivity contribution in [3.05, 3.63) is 29.3 Å². The molecule has 0 aliphatic carbocycles. The fraction of sp³-hybridized carbons (Fsp3) is 0.556. The molecule has 10 heteroatoms. The summed E-state index contributed by atoms with van der Waals surface area (Å²) in [6.45, 7) is 2.16. The van der Waals surface area contributed by atoms with E-state index in [0.29, 0.717) is 39.2 Å². The van der Waals surface area contributed by atoms with E-state index in [9.17, 15) is 18.4 Å². The molecule has 1 aromatic rings. The molecule has 8 nitrogen and oxygen atoms in total. The third-order valence-electron chi connectivity index (χ3n) is 5.14. The number of carbonyl (C=O) groups is 2. The first-order chi connectivity index (χ1) is 13.3. The molecule has 28 heavy (non-hydrogen) atoms. The Morgan fingerprint density at radius 1 is 1.29 bits per heavy atom. The lowest BCUT2D eigenvalue weighted by Gasteiger charge is -2.40. The molecule has 0 saturated carbocycles. The van der Waals surface area contributed by atoms with Crippen molar-refractivity contribution >= 4 is 11.9 Å². The molecule has 0 aromatic heterocycles. The molecule has 2 aliphatic heterocycles. The zero-order chi connectivity index (χ0) is 20.3. The molecule has 1 aromatic carbocycles. The van der Waals surface area contributed by atoms with Gasteiger partial charge in [0.25, 0.3) is 0 Å². The number of benzene rings is 1. The summed E-state index contributed by atoms with van der Waals surface area (Å²) < 4.78 is 39.4. The molecular formula is C18H24F2N4O4. The highest BCUT2D eigenvalue weighted by Crippen LogP contribution is 2.31. The lowest BCUT2D eigenvalue weighted by atomic mass is 10.00. The molecule has 1 atom stereocenters. The van der Waals surface area contributed by atoms with Crippen LogP contribution < -0.4 is 15.8 Å². The van der Waals surface area contributed by atoms with E-state index in [2.05, 4.69) is 5.32 Å². The number of methoxy groups -OCH3 is 1. The Morgan fingerprint density at radius 3 is 2.64 bits per heavy atom. The van der Waals surface area contributed by atoms with Gasteiger partial charge in [0.1, 0.15) is 23.0 Å². The summed E-state index contributed by atoms with van der Waals surface area (Å²) in [7, 11) is 1.35. The first-order valence-corrected chi connectivity index (χ1v) is 9.01. The third kappa shape index (κ3) is 4.50. The van der Waals surface area contributed by atoms with Gasteiger partial charge in [-0.05, 0) is 6.42 Å². The SMILES string of the molecule is COc1cc(F)c(CN2CCOC3(CCN(C(=O)CNC(N)=O)C3)C2)c(F)c1. The summed E-state index contributed by atoms with van der Waals surface area (Å²) in [6.07, 6.45) is 0.611. The molecule has 154 valence electrons. The van der Waals surface area contributed by atoms with Gasteiger partial charge in [0.2, 0.25) is 5.91 Å². The molecule has 2 fully saturated rings. The number of halogens is 2. The van der Waals surface area contributed by atoms with E-state index in [0.717, 1.165) is 12.1 Å². The van der Waals surface area contributed by atoms with Gasteiger partial charge in [-0.2, -0.15) is 0 Å². The quantitative estimate of drug-likeness (QED) is 0.751. The molecule has 2 saturated heterocycles. The smallest absolute Gasteiger partial charge is 0.312 e. The van der Waals surface area contributed by atoms with E-state index in [-0.39, 0.29) is 30.3 Å². The average Bonchev–Trinajstić information content (AvgIpc) is 3.05. The summed E-state index contributed by atoms with van der Waals surface area (Å²) in [4.78, 5) is 26.5. The Balaban J connectivity index is 1.63. The van der Waals surface area contributed by atoms with Crippen molar-refractivity contribution in [1.82, 2.24) is 15.1 Å². The number of likely N-dealkylation sites (tertiary alicyclic amines) is 1. The third-order valence-corrected chi connectivity index (χ3v) is 5.14. The van der Waals surface area contributed by atoms with Gasteiger partial charge in [0, 0.05) is 43.9 Å². The van der Waals surface area contributed by atoms with E-state index in [1.165, 1.54) is 7.11 Å². The van der Waals surface area contributed by atoms with Crippen molar-refractivity contribution in [3.8, 4) is 5.75 Å². The number of hydrogen-bond acceptors (Lipinski definition) is 5. The van der Waals surface area contributed by atoms with Crippen LogP contribution in [0.25, 0.3) is 0 Å². The lowest BCUT2D eigenvalue weighted by molar-refractivity contribution is -0.133.